The Morgan fingerprint density at radius 2 is 1.97 bits per heavy atom. The first-order valence-electron chi connectivity index (χ1n) is 11.0. The number of hydrogen-bond donors (Lipinski definition) is 1. The first kappa shape index (κ1) is 21.1. The second kappa shape index (κ2) is 9.34. The molecule has 5 heteroatoms. The van der Waals surface area contributed by atoms with E-state index in [9.17, 15) is 4.79 Å². The Bertz CT molecular complexity index is 874. The Morgan fingerprint density at radius 1 is 1.20 bits per heavy atom. The van der Waals surface area contributed by atoms with Gasteiger partial charge < -0.3 is 14.8 Å². The summed E-state index contributed by atoms with van der Waals surface area (Å²) in [5.41, 5.74) is 3.46. The zero-order valence-electron chi connectivity index (χ0n) is 17.9. The fourth-order valence-electron chi connectivity index (χ4n) is 4.46. The highest BCUT2D eigenvalue weighted by Gasteiger charge is 2.43. The summed E-state index contributed by atoms with van der Waals surface area (Å²) < 4.78 is 12.2. The summed E-state index contributed by atoms with van der Waals surface area (Å²) in [5, 5.41) is 3.31. The molecule has 2 aromatic carbocycles. The van der Waals surface area contributed by atoms with Crippen LogP contribution in [0, 0.1) is 6.92 Å². The molecule has 0 bridgehead atoms. The van der Waals surface area contributed by atoms with E-state index in [1.54, 1.807) is 11.8 Å². The van der Waals surface area contributed by atoms with Crippen molar-refractivity contribution in [2.24, 2.45) is 0 Å². The molecule has 1 amide bonds. The molecule has 4 rings (SSSR count). The van der Waals surface area contributed by atoms with Crippen LogP contribution in [0.15, 0.2) is 42.5 Å². The van der Waals surface area contributed by atoms with E-state index in [1.165, 1.54) is 18.4 Å². The van der Waals surface area contributed by atoms with Crippen molar-refractivity contribution in [1.82, 2.24) is 5.32 Å². The lowest BCUT2D eigenvalue weighted by atomic mass is 9.89. The Kier molecular flexibility index (Phi) is 6.57. The van der Waals surface area contributed by atoms with Gasteiger partial charge in [-0.1, -0.05) is 29.8 Å². The standard InChI is InChI=1S/C25H31NO3S/c1-3-28-20-10-11-22-21(14-20)23(15-25(29-22)12-4-5-13-25)30-17-24(27)26-16-19-8-6-18(2)7-9-19/h6-11,14,23H,3-5,12-13,15-17H2,1-2H3,(H,26,27)/t23-/m1/s1. The summed E-state index contributed by atoms with van der Waals surface area (Å²) in [4.78, 5) is 12.5. The lowest BCUT2D eigenvalue weighted by Crippen LogP contribution is -2.38. The maximum Gasteiger partial charge on any atom is 0.230 e. The van der Waals surface area contributed by atoms with Crippen LogP contribution in [0.5, 0.6) is 11.5 Å². The number of ether oxygens (including phenoxy) is 2. The fraction of sp³-hybridized carbons (Fsp3) is 0.480. The SMILES string of the molecule is CCOc1ccc2c(c1)[C@H](SCC(=O)NCc1ccc(C)cc1)CC1(CCCC1)O2. The molecular weight excluding hydrogens is 394 g/mol. The minimum absolute atomic E-state index is 0.0594. The van der Waals surface area contributed by atoms with Crippen LogP contribution in [0.25, 0.3) is 0 Å². The zero-order valence-corrected chi connectivity index (χ0v) is 18.7. The average Bonchev–Trinajstić information content (AvgIpc) is 3.19. The number of fused-ring (bicyclic) bond motifs is 1. The van der Waals surface area contributed by atoms with Crippen molar-refractivity contribution in [3.8, 4) is 11.5 Å². The van der Waals surface area contributed by atoms with Gasteiger partial charge in [0.15, 0.2) is 0 Å². The average molecular weight is 426 g/mol. The van der Waals surface area contributed by atoms with E-state index in [4.69, 9.17) is 9.47 Å². The van der Waals surface area contributed by atoms with Crippen LogP contribution >= 0.6 is 11.8 Å². The largest absolute Gasteiger partial charge is 0.494 e. The van der Waals surface area contributed by atoms with Gasteiger partial charge in [-0.05, 0) is 63.3 Å². The highest BCUT2D eigenvalue weighted by Crippen LogP contribution is 2.52. The Balaban J connectivity index is 1.42. The van der Waals surface area contributed by atoms with E-state index in [0.29, 0.717) is 18.9 Å². The predicted molar refractivity (Wildman–Crippen MR) is 122 cm³/mol. The number of rotatable bonds is 7. The van der Waals surface area contributed by atoms with Crippen molar-refractivity contribution >= 4 is 17.7 Å². The molecule has 1 heterocycles. The van der Waals surface area contributed by atoms with Crippen LogP contribution in [0.2, 0.25) is 0 Å². The molecule has 1 fully saturated rings. The molecule has 30 heavy (non-hydrogen) atoms. The molecular formula is C25H31NO3S. The number of benzene rings is 2. The number of amides is 1. The van der Waals surface area contributed by atoms with Crippen molar-refractivity contribution in [3.05, 3.63) is 59.2 Å². The zero-order chi connectivity index (χ0) is 21.0. The van der Waals surface area contributed by atoms with Crippen molar-refractivity contribution in [3.63, 3.8) is 0 Å². The predicted octanol–water partition coefficient (Wildman–Crippen LogP) is 5.58. The van der Waals surface area contributed by atoms with Crippen LogP contribution < -0.4 is 14.8 Å². The van der Waals surface area contributed by atoms with Crippen LogP contribution in [-0.4, -0.2) is 23.9 Å². The molecule has 1 aliphatic heterocycles. The molecule has 1 N–H and O–H groups in total. The highest BCUT2D eigenvalue weighted by atomic mass is 32.2. The van der Waals surface area contributed by atoms with E-state index in [-0.39, 0.29) is 16.8 Å². The van der Waals surface area contributed by atoms with Gasteiger partial charge in [-0.3, -0.25) is 4.79 Å². The molecule has 0 unspecified atom stereocenters. The lowest BCUT2D eigenvalue weighted by Gasteiger charge is -2.40. The van der Waals surface area contributed by atoms with Crippen molar-refractivity contribution in [2.75, 3.05) is 12.4 Å². The quantitative estimate of drug-likeness (QED) is 0.629. The van der Waals surface area contributed by atoms with E-state index in [2.05, 4.69) is 42.6 Å². The molecule has 1 atom stereocenters. The first-order chi connectivity index (χ1) is 14.6. The van der Waals surface area contributed by atoms with Crippen LogP contribution in [-0.2, 0) is 11.3 Å². The molecule has 1 aliphatic carbocycles. The van der Waals surface area contributed by atoms with E-state index in [0.717, 1.165) is 41.9 Å². The van der Waals surface area contributed by atoms with Gasteiger partial charge in [0, 0.05) is 23.8 Å². The lowest BCUT2D eigenvalue weighted by molar-refractivity contribution is -0.118. The fourth-order valence-corrected chi connectivity index (χ4v) is 5.70. The van der Waals surface area contributed by atoms with Gasteiger partial charge >= 0.3 is 0 Å². The molecule has 0 aromatic heterocycles. The highest BCUT2D eigenvalue weighted by molar-refractivity contribution is 8.00. The van der Waals surface area contributed by atoms with E-state index < -0.39 is 0 Å². The summed E-state index contributed by atoms with van der Waals surface area (Å²) in [6.07, 6.45) is 5.62. The Hall–Kier alpha value is -2.14. The van der Waals surface area contributed by atoms with Gasteiger partial charge in [0.1, 0.15) is 17.1 Å². The van der Waals surface area contributed by atoms with Crippen molar-refractivity contribution in [1.29, 1.82) is 0 Å². The van der Waals surface area contributed by atoms with Gasteiger partial charge in [-0.25, -0.2) is 0 Å². The Morgan fingerprint density at radius 3 is 2.70 bits per heavy atom. The third-order valence-electron chi connectivity index (χ3n) is 6.06. The summed E-state index contributed by atoms with van der Waals surface area (Å²) in [5.74, 6) is 2.36. The molecule has 4 nitrogen and oxygen atoms in total. The van der Waals surface area contributed by atoms with Gasteiger partial charge in [0.05, 0.1) is 12.4 Å². The molecule has 160 valence electrons. The number of thioether (sulfide) groups is 1. The van der Waals surface area contributed by atoms with Crippen molar-refractivity contribution in [2.45, 2.75) is 63.3 Å². The minimum atomic E-state index is -0.0594. The minimum Gasteiger partial charge on any atom is -0.494 e. The third kappa shape index (κ3) is 4.94. The Labute approximate surface area is 183 Å². The second-order valence-corrected chi connectivity index (χ2v) is 9.58. The monoisotopic (exact) mass is 425 g/mol. The number of hydrogen-bond acceptors (Lipinski definition) is 4. The van der Waals surface area contributed by atoms with Gasteiger partial charge in [-0.2, -0.15) is 0 Å². The maximum atomic E-state index is 12.5. The molecule has 2 aliphatic rings. The summed E-state index contributed by atoms with van der Waals surface area (Å²) in [7, 11) is 0. The van der Waals surface area contributed by atoms with Gasteiger partial charge in [-0.15, -0.1) is 11.8 Å². The van der Waals surface area contributed by atoms with Gasteiger partial charge in [0.25, 0.3) is 0 Å². The third-order valence-corrected chi connectivity index (χ3v) is 7.32. The summed E-state index contributed by atoms with van der Waals surface area (Å²) in [6.45, 7) is 5.28. The van der Waals surface area contributed by atoms with Crippen LogP contribution in [0.4, 0.5) is 0 Å². The molecule has 1 spiro atoms. The van der Waals surface area contributed by atoms with E-state index in [1.807, 2.05) is 19.1 Å². The van der Waals surface area contributed by atoms with Crippen LogP contribution in [0.1, 0.15) is 61.0 Å². The van der Waals surface area contributed by atoms with Gasteiger partial charge in [0.2, 0.25) is 5.91 Å². The maximum absolute atomic E-state index is 12.5. The van der Waals surface area contributed by atoms with E-state index >= 15 is 0 Å². The number of aryl methyl sites for hydroxylation is 1. The number of nitrogens with one attached hydrogen (secondary N) is 1. The molecule has 0 saturated heterocycles. The summed E-state index contributed by atoms with van der Waals surface area (Å²) >= 11 is 1.73. The second-order valence-electron chi connectivity index (χ2n) is 8.39. The number of carbonyl (C=O) groups is 1. The smallest absolute Gasteiger partial charge is 0.230 e. The summed E-state index contributed by atoms with van der Waals surface area (Å²) in [6, 6.07) is 14.4. The molecule has 2 aromatic rings. The topological polar surface area (TPSA) is 47.6 Å². The first-order valence-corrected chi connectivity index (χ1v) is 12.0. The molecule has 1 saturated carbocycles. The van der Waals surface area contributed by atoms with Crippen molar-refractivity contribution < 1.29 is 14.3 Å². The normalized spacial score (nSPS) is 19.2. The van der Waals surface area contributed by atoms with Crippen LogP contribution in [0.3, 0.4) is 0 Å². The molecule has 0 radical (unpaired) electrons. The number of carbonyl (C=O) groups excluding carboxylic acids is 1.